The lowest BCUT2D eigenvalue weighted by molar-refractivity contribution is 0.203. The number of rotatable bonds is 3. The summed E-state index contributed by atoms with van der Waals surface area (Å²) < 4.78 is 1.96. The summed E-state index contributed by atoms with van der Waals surface area (Å²) in [7, 11) is 2.01. The molecule has 2 aliphatic rings. The van der Waals surface area contributed by atoms with Crippen LogP contribution in [-0.2, 0) is 13.6 Å². The van der Waals surface area contributed by atoms with Crippen LogP contribution in [-0.4, -0.2) is 40.3 Å². The Bertz CT molecular complexity index is 601. The van der Waals surface area contributed by atoms with Crippen LogP contribution in [0.25, 0.3) is 0 Å². The second-order valence-electron chi connectivity index (χ2n) is 7.68. The van der Waals surface area contributed by atoms with Crippen LogP contribution in [0.2, 0.25) is 0 Å². The van der Waals surface area contributed by atoms with E-state index in [-0.39, 0.29) is 24.0 Å². The predicted molar refractivity (Wildman–Crippen MR) is 115 cm³/mol. The van der Waals surface area contributed by atoms with E-state index >= 15 is 0 Å². The Morgan fingerprint density at radius 1 is 1.20 bits per heavy atom. The molecule has 5 nitrogen and oxygen atoms in total. The van der Waals surface area contributed by atoms with E-state index < -0.39 is 0 Å². The van der Waals surface area contributed by atoms with Crippen LogP contribution in [0.1, 0.15) is 62.4 Å². The Hall–Kier alpha value is -0.790. The summed E-state index contributed by atoms with van der Waals surface area (Å²) in [6.07, 6.45) is 8.40. The van der Waals surface area contributed by atoms with Gasteiger partial charge in [0, 0.05) is 37.9 Å². The summed E-state index contributed by atoms with van der Waals surface area (Å²) in [6, 6.07) is 0. The highest BCUT2D eigenvalue weighted by atomic mass is 127. The first kappa shape index (κ1) is 20.5. The molecule has 1 spiro atoms. The van der Waals surface area contributed by atoms with Gasteiger partial charge >= 0.3 is 0 Å². The van der Waals surface area contributed by atoms with Crippen molar-refractivity contribution in [3.63, 3.8) is 0 Å². The third-order valence-electron chi connectivity index (χ3n) is 6.03. The Kier molecular flexibility index (Phi) is 7.17. The lowest BCUT2D eigenvalue weighted by Crippen LogP contribution is -2.41. The van der Waals surface area contributed by atoms with Crippen molar-refractivity contribution in [2.45, 2.75) is 65.8 Å². The number of hydrogen-bond donors (Lipinski definition) is 1. The molecule has 1 aromatic rings. The molecule has 0 radical (unpaired) electrons. The first-order valence-corrected chi connectivity index (χ1v) is 9.57. The molecule has 1 saturated heterocycles. The third-order valence-corrected chi connectivity index (χ3v) is 6.03. The van der Waals surface area contributed by atoms with Crippen LogP contribution in [0.4, 0.5) is 0 Å². The molecular formula is C19H34IN5. The molecule has 1 aliphatic carbocycles. The van der Waals surface area contributed by atoms with E-state index in [1.807, 2.05) is 11.7 Å². The highest BCUT2D eigenvalue weighted by molar-refractivity contribution is 14.0. The van der Waals surface area contributed by atoms with Crippen molar-refractivity contribution in [3.05, 3.63) is 17.0 Å². The van der Waals surface area contributed by atoms with Crippen LogP contribution < -0.4 is 5.32 Å². The molecule has 6 heteroatoms. The standard InChI is InChI=1S/C19H33N5.HI/c1-5-20-18(21-13-17-15(2)22-23(4)16(17)3)24-12-11-19(14-24)9-7-6-8-10-19;/h5-14H2,1-4H3,(H,20,21);1H. The molecular weight excluding hydrogens is 425 g/mol. The van der Waals surface area contributed by atoms with Crippen molar-refractivity contribution in [2.24, 2.45) is 17.5 Å². The van der Waals surface area contributed by atoms with Gasteiger partial charge in [-0.15, -0.1) is 24.0 Å². The van der Waals surface area contributed by atoms with E-state index in [0.29, 0.717) is 5.41 Å². The molecule has 0 atom stereocenters. The third kappa shape index (κ3) is 4.49. The predicted octanol–water partition coefficient (Wildman–Crippen LogP) is 3.78. The van der Waals surface area contributed by atoms with Crippen molar-refractivity contribution in [1.82, 2.24) is 20.0 Å². The van der Waals surface area contributed by atoms with Gasteiger partial charge in [-0.3, -0.25) is 4.68 Å². The molecule has 0 bridgehead atoms. The number of guanidine groups is 1. The number of nitrogens with one attached hydrogen (secondary N) is 1. The summed E-state index contributed by atoms with van der Waals surface area (Å²) in [4.78, 5) is 7.45. The maximum absolute atomic E-state index is 4.96. The lowest BCUT2D eigenvalue weighted by atomic mass is 9.73. The van der Waals surface area contributed by atoms with Crippen molar-refractivity contribution in [3.8, 4) is 0 Å². The van der Waals surface area contributed by atoms with Gasteiger partial charge in [0.25, 0.3) is 0 Å². The average Bonchev–Trinajstić information content (AvgIpc) is 3.07. The molecule has 1 N–H and O–H groups in total. The number of aliphatic imine (C=N–C) groups is 1. The van der Waals surface area contributed by atoms with Gasteiger partial charge in [0.2, 0.25) is 0 Å². The van der Waals surface area contributed by atoms with Crippen LogP contribution in [0, 0.1) is 19.3 Å². The molecule has 0 unspecified atom stereocenters. The van der Waals surface area contributed by atoms with Crippen LogP contribution in [0.3, 0.4) is 0 Å². The topological polar surface area (TPSA) is 45.5 Å². The summed E-state index contributed by atoms with van der Waals surface area (Å²) in [5.41, 5.74) is 4.14. The van der Waals surface area contributed by atoms with E-state index in [4.69, 9.17) is 4.99 Å². The minimum atomic E-state index is 0. The Morgan fingerprint density at radius 3 is 2.52 bits per heavy atom. The van der Waals surface area contributed by atoms with Gasteiger partial charge < -0.3 is 10.2 Å². The zero-order valence-corrected chi connectivity index (χ0v) is 18.6. The number of aryl methyl sites for hydroxylation is 2. The van der Waals surface area contributed by atoms with Crippen molar-refractivity contribution in [1.29, 1.82) is 0 Å². The van der Waals surface area contributed by atoms with E-state index in [1.165, 1.54) is 56.3 Å². The van der Waals surface area contributed by atoms with Crippen LogP contribution in [0.5, 0.6) is 0 Å². The summed E-state index contributed by atoms with van der Waals surface area (Å²) in [6.45, 7) is 10.3. The molecule has 142 valence electrons. The molecule has 2 fully saturated rings. The van der Waals surface area contributed by atoms with Crippen LogP contribution in [0.15, 0.2) is 4.99 Å². The van der Waals surface area contributed by atoms with Gasteiger partial charge in [0.15, 0.2) is 5.96 Å². The van der Waals surface area contributed by atoms with Gasteiger partial charge in [-0.25, -0.2) is 4.99 Å². The maximum Gasteiger partial charge on any atom is 0.194 e. The van der Waals surface area contributed by atoms with Crippen molar-refractivity contribution >= 4 is 29.9 Å². The van der Waals surface area contributed by atoms with Crippen LogP contribution >= 0.6 is 24.0 Å². The van der Waals surface area contributed by atoms with Gasteiger partial charge in [-0.05, 0) is 45.4 Å². The Morgan fingerprint density at radius 2 is 1.92 bits per heavy atom. The molecule has 0 aromatic carbocycles. The molecule has 1 aliphatic heterocycles. The second-order valence-corrected chi connectivity index (χ2v) is 7.68. The van der Waals surface area contributed by atoms with Crippen molar-refractivity contribution in [2.75, 3.05) is 19.6 Å². The van der Waals surface area contributed by atoms with Gasteiger partial charge in [-0.2, -0.15) is 5.10 Å². The fraction of sp³-hybridized carbons (Fsp3) is 0.789. The second kappa shape index (κ2) is 8.73. The lowest BCUT2D eigenvalue weighted by Gasteiger charge is -2.33. The molecule has 25 heavy (non-hydrogen) atoms. The fourth-order valence-electron chi connectivity index (χ4n) is 4.45. The van der Waals surface area contributed by atoms with Gasteiger partial charge in [0.05, 0.1) is 12.2 Å². The monoisotopic (exact) mass is 459 g/mol. The van der Waals surface area contributed by atoms with Gasteiger partial charge in [0.1, 0.15) is 0 Å². The molecule has 1 aromatic heterocycles. The highest BCUT2D eigenvalue weighted by Gasteiger charge is 2.39. The number of halogens is 1. The Balaban J connectivity index is 0.00000225. The zero-order valence-electron chi connectivity index (χ0n) is 16.3. The number of likely N-dealkylation sites (tertiary alicyclic amines) is 1. The molecule has 1 saturated carbocycles. The van der Waals surface area contributed by atoms with E-state index in [0.717, 1.165) is 31.3 Å². The quantitative estimate of drug-likeness (QED) is 0.425. The summed E-state index contributed by atoms with van der Waals surface area (Å²) in [5, 5.41) is 8.02. The van der Waals surface area contributed by atoms with Gasteiger partial charge in [-0.1, -0.05) is 19.3 Å². The van der Waals surface area contributed by atoms with E-state index in [1.54, 1.807) is 0 Å². The Labute approximate surface area is 169 Å². The maximum atomic E-state index is 4.96. The van der Waals surface area contributed by atoms with Crippen molar-refractivity contribution < 1.29 is 0 Å². The fourth-order valence-corrected chi connectivity index (χ4v) is 4.45. The highest BCUT2D eigenvalue weighted by Crippen LogP contribution is 2.43. The smallest absolute Gasteiger partial charge is 0.194 e. The molecule has 3 rings (SSSR count). The zero-order chi connectivity index (χ0) is 17.2. The summed E-state index contributed by atoms with van der Waals surface area (Å²) in [5.74, 6) is 1.09. The first-order valence-electron chi connectivity index (χ1n) is 9.57. The number of hydrogen-bond acceptors (Lipinski definition) is 2. The molecule has 0 amide bonds. The minimum absolute atomic E-state index is 0. The normalized spacial score (nSPS) is 20.0. The largest absolute Gasteiger partial charge is 0.357 e. The van der Waals surface area contributed by atoms with E-state index in [9.17, 15) is 0 Å². The van der Waals surface area contributed by atoms with E-state index in [2.05, 4.69) is 36.1 Å². The number of nitrogens with zero attached hydrogens (tertiary/aromatic N) is 4. The molecule has 2 heterocycles. The minimum Gasteiger partial charge on any atom is -0.357 e. The SMILES string of the molecule is CCNC(=NCc1c(C)nn(C)c1C)N1CCC2(CCCCC2)C1.I. The number of aromatic nitrogens is 2. The average molecular weight is 459 g/mol. The first-order chi connectivity index (χ1) is 11.5. The summed E-state index contributed by atoms with van der Waals surface area (Å²) >= 11 is 0.